The van der Waals surface area contributed by atoms with Gasteiger partial charge in [-0.2, -0.15) is 0 Å². The Morgan fingerprint density at radius 3 is 1.46 bits per heavy atom. The van der Waals surface area contributed by atoms with Gasteiger partial charge in [-0.25, -0.2) is 0 Å². The molecule has 0 saturated heterocycles. The summed E-state index contributed by atoms with van der Waals surface area (Å²) in [7, 11) is 0. The average Bonchev–Trinajstić information content (AvgIpc) is 2.84. The minimum absolute atomic E-state index is 0.0528. The SMILES string of the molecule is CC(C)(C)CNCC(=O)O.CC(C)(C)CNCCCC(=O)O.CC(C)CN(CCC(=O)O)C(C)C.CCCN(CC(=O)O)CC(C)(C)C. The van der Waals surface area contributed by atoms with Gasteiger partial charge in [0.05, 0.1) is 19.5 Å². The van der Waals surface area contributed by atoms with Crippen molar-refractivity contribution in [1.29, 1.82) is 0 Å². The minimum atomic E-state index is -0.802. The number of aliphatic carboxylic acids is 4. The fourth-order valence-electron chi connectivity index (χ4n) is 4.03. The predicted octanol–water partition coefficient (Wildman–Crippen LogP) is 5.85. The summed E-state index contributed by atoms with van der Waals surface area (Å²) in [4.78, 5) is 45.3. The number of hydrogen-bond acceptors (Lipinski definition) is 8. The van der Waals surface area contributed by atoms with Gasteiger partial charge in [-0.05, 0) is 68.5 Å². The average molecular weight is 693 g/mol. The topological polar surface area (TPSA) is 180 Å². The Balaban J connectivity index is -0.000000270. The van der Waals surface area contributed by atoms with Crippen molar-refractivity contribution in [3.8, 4) is 0 Å². The molecule has 48 heavy (non-hydrogen) atoms. The van der Waals surface area contributed by atoms with Gasteiger partial charge in [0.25, 0.3) is 0 Å². The highest BCUT2D eigenvalue weighted by Gasteiger charge is 2.17. The molecule has 0 aliphatic rings. The maximum Gasteiger partial charge on any atom is 0.317 e. The smallest absolute Gasteiger partial charge is 0.317 e. The molecule has 0 aromatic carbocycles. The van der Waals surface area contributed by atoms with Crippen molar-refractivity contribution >= 4 is 23.9 Å². The van der Waals surface area contributed by atoms with E-state index in [1.165, 1.54) is 0 Å². The first kappa shape index (κ1) is 52.5. The zero-order valence-corrected chi connectivity index (χ0v) is 33.2. The summed E-state index contributed by atoms with van der Waals surface area (Å²) in [6, 6.07) is 0.432. The van der Waals surface area contributed by atoms with Gasteiger partial charge < -0.3 is 36.0 Å². The van der Waals surface area contributed by atoms with Crippen LogP contribution >= 0.6 is 0 Å². The van der Waals surface area contributed by atoms with Crippen LogP contribution in [0, 0.1) is 22.2 Å². The third kappa shape index (κ3) is 53.2. The van der Waals surface area contributed by atoms with Crippen molar-refractivity contribution < 1.29 is 39.6 Å². The van der Waals surface area contributed by atoms with Crippen LogP contribution < -0.4 is 10.6 Å². The number of rotatable bonds is 19. The summed E-state index contributed by atoms with van der Waals surface area (Å²) >= 11 is 0. The van der Waals surface area contributed by atoms with Crippen LogP contribution in [0.2, 0.25) is 0 Å². The normalized spacial score (nSPS) is 11.7. The molecule has 0 aliphatic carbocycles. The lowest BCUT2D eigenvalue weighted by Gasteiger charge is -2.28. The fourth-order valence-corrected chi connectivity index (χ4v) is 4.03. The lowest BCUT2D eigenvalue weighted by atomic mass is 9.96. The highest BCUT2D eigenvalue weighted by molar-refractivity contribution is 5.69. The van der Waals surface area contributed by atoms with Crippen molar-refractivity contribution in [3.05, 3.63) is 0 Å². The lowest BCUT2D eigenvalue weighted by molar-refractivity contribution is -0.139. The molecule has 0 radical (unpaired) electrons. The van der Waals surface area contributed by atoms with E-state index in [1.807, 2.05) is 4.90 Å². The molecule has 12 heteroatoms. The zero-order valence-electron chi connectivity index (χ0n) is 33.2. The van der Waals surface area contributed by atoms with Crippen LogP contribution in [0.15, 0.2) is 0 Å². The Hall–Kier alpha value is -2.28. The van der Waals surface area contributed by atoms with Gasteiger partial charge in [0.15, 0.2) is 0 Å². The largest absolute Gasteiger partial charge is 0.481 e. The van der Waals surface area contributed by atoms with Gasteiger partial charge in [0.2, 0.25) is 0 Å². The second kappa shape index (κ2) is 28.5. The number of hydrogen-bond donors (Lipinski definition) is 6. The maximum atomic E-state index is 10.5. The number of carbonyl (C=O) groups is 4. The Labute approximate surface area is 293 Å². The van der Waals surface area contributed by atoms with Crippen LogP contribution in [0.25, 0.3) is 0 Å². The lowest BCUT2D eigenvalue weighted by Crippen LogP contribution is -2.37. The second-order valence-corrected chi connectivity index (χ2v) is 16.6. The van der Waals surface area contributed by atoms with Gasteiger partial charge in [0.1, 0.15) is 0 Å². The van der Waals surface area contributed by atoms with E-state index in [4.69, 9.17) is 20.4 Å². The molecule has 0 spiro atoms. The Morgan fingerprint density at radius 2 is 1.12 bits per heavy atom. The molecule has 0 heterocycles. The number of carboxylic acid groups (broad SMARTS) is 4. The summed E-state index contributed by atoms with van der Waals surface area (Å²) in [5.41, 5.74) is 0.614. The van der Waals surface area contributed by atoms with Crippen molar-refractivity contribution in [3.63, 3.8) is 0 Å². The van der Waals surface area contributed by atoms with Gasteiger partial charge in [-0.1, -0.05) is 83.1 Å². The monoisotopic (exact) mass is 693 g/mol. The highest BCUT2D eigenvalue weighted by atomic mass is 16.4. The molecule has 0 aromatic heterocycles. The molecule has 12 nitrogen and oxygen atoms in total. The molecule has 0 amide bonds. The molecule has 288 valence electrons. The number of carboxylic acids is 4. The molecule has 0 aromatic rings. The Morgan fingerprint density at radius 1 is 0.646 bits per heavy atom. The summed E-state index contributed by atoms with van der Waals surface area (Å²) in [6.07, 6.45) is 2.22. The van der Waals surface area contributed by atoms with Crippen LogP contribution in [0.3, 0.4) is 0 Å². The van der Waals surface area contributed by atoms with Crippen LogP contribution in [-0.2, 0) is 19.2 Å². The van der Waals surface area contributed by atoms with Crippen LogP contribution in [0.1, 0.15) is 123 Å². The van der Waals surface area contributed by atoms with Crippen molar-refractivity contribution in [1.82, 2.24) is 20.4 Å². The fraction of sp³-hybridized carbons (Fsp3) is 0.889. The predicted molar refractivity (Wildman–Crippen MR) is 197 cm³/mol. The van der Waals surface area contributed by atoms with E-state index in [0.717, 1.165) is 45.7 Å². The minimum Gasteiger partial charge on any atom is -0.481 e. The van der Waals surface area contributed by atoms with Crippen molar-refractivity contribution in [2.75, 3.05) is 58.9 Å². The summed E-state index contributed by atoms with van der Waals surface area (Å²) in [5, 5.41) is 39.9. The van der Waals surface area contributed by atoms with Gasteiger partial charge >= 0.3 is 23.9 Å². The van der Waals surface area contributed by atoms with Crippen molar-refractivity contribution in [2.24, 2.45) is 22.2 Å². The molecule has 0 atom stereocenters. The highest BCUT2D eigenvalue weighted by Crippen LogP contribution is 2.15. The summed E-state index contributed by atoms with van der Waals surface area (Å²) in [6.45, 7) is 35.6. The first-order valence-electron chi connectivity index (χ1n) is 17.4. The van der Waals surface area contributed by atoms with Crippen molar-refractivity contribution in [2.45, 2.75) is 129 Å². The molecule has 0 rings (SSSR count). The van der Waals surface area contributed by atoms with E-state index >= 15 is 0 Å². The third-order valence-corrected chi connectivity index (χ3v) is 5.87. The summed E-state index contributed by atoms with van der Waals surface area (Å²) < 4.78 is 0. The quantitative estimate of drug-likeness (QED) is 0.0891. The first-order chi connectivity index (χ1) is 21.6. The molecular weight excluding hydrogens is 616 g/mol. The van der Waals surface area contributed by atoms with E-state index in [2.05, 4.69) is 112 Å². The molecule has 6 N–H and O–H groups in total. The third-order valence-electron chi connectivity index (χ3n) is 5.87. The van der Waals surface area contributed by atoms with E-state index < -0.39 is 23.9 Å². The van der Waals surface area contributed by atoms with Gasteiger partial charge in [0, 0.05) is 38.6 Å². The zero-order chi connectivity index (χ0) is 38.7. The van der Waals surface area contributed by atoms with Crippen LogP contribution in [-0.4, -0.2) is 119 Å². The standard InChI is InChI=1S/2C10H21NO2.C9H19NO2.C7H15NO2/c1-8(2)7-11(9(3)4)6-5-10(12)13;1-5-6-11(7-9(12)13)8-10(2,3)4;1-9(2,3)7-10-6-4-5-8(11)12;1-7(2,3)5-8-4-6(9)10/h8-9H,5-7H2,1-4H3,(H,12,13);5-8H2,1-4H3,(H,12,13);10H,4-7H2,1-3H3,(H,11,12);8H,4-5H2,1-3H3,(H,9,10). The Bertz CT molecular complexity index is 844. The molecule has 0 saturated carbocycles. The Kier molecular flexibility index (Phi) is 31.2. The van der Waals surface area contributed by atoms with E-state index in [0.29, 0.717) is 24.9 Å². The maximum absolute atomic E-state index is 10.5. The molecular formula is C36H76N4O8. The molecule has 0 unspecified atom stereocenters. The van der Waals surface area contributed by atoms with Crippen LogP contribution in [0.5, 0.6) is 0 Å². The first-order valence-corrected chi connectivity index (χ1v) is 17.4. The number of nitrogens with one attached hydrogen (secondary N) is 2. The molecule has 0 fully saturated rings. The number of nitrogens with zero attached hydrogens (tertiary/aromatic N) is 2. The van der Waals surface area contributed by atoms with Crippen LogP contribution in [0.4, 0.5) is 0 Å². The van der Waals surface area contributed by atoms with E-state index in [-0.39, 0.29) is 42.2 Å². The molecule has 0 aliphatic heterocycles. The second-order valence-electron chi connectivity index (χ2n) is 16.6. The van der Waals surface area contributed by atoms with Gasteiger partial charge in [-0.3, -0.25) is 24.1 Å². The van der Waals surface area contributed by atoms with E-state index in [9.17, 15) is 19.2 Å². The van der Waals surface area contributed by atoms with E-state index in [1.54, 1.807) is 0 Å². The summed E-state index contributed by atoms with van der Waals surface area (Å²) in [5.74, 6) is -2.37. The van der Waals surface area contributed by atoms with Gasteiger partial charge in [-0.15, -0.1) is 0 Å². The molecule has 0 bridgehead atoms.